The van der Waals surface area contributed by atoms with Gasteiger partial charge in [-0.3, -0.25) is 0 Å². The van der Waals surface area contributed by atoms with Gasteiger partial charge in [0.2, 0.25) is 0 Å². The van der Waals surface area contributed by atoms with E-state index in [9.17, 15) is 0 Å². The molecule has 0 fully saturated rings. The van der Waals surface area contributed by atoms with Crippen LogP contribution < -0.4 is 10.1 Å². The molecule has 0 atom stereocenters. The second-order valence-electron chi connectivity index (χ2n) is 4.18. The first-order chi connectivity index (χ1) is 8.15. The van der Waals surface area contributed by atoms with Gasteiger partial charge in [-0.05, 0) is 29.7 Å². The maximum atomic E-state index is 5.78. The molecule has 2 nitrogen and oxygen atoms in total. The van der Waals surface area contributed by atoms with Gasteiger partial charge in [-0.1, -0.05) is 35.9 Å². The number of benzene rings is 1. The SMILES string of the molecule is C=CCNCCOc1ccc(Br)cc1C(C)C.Cl. The zero-order valence-corrected chi connectivity index (χ0v) is 13.3. The monoisotopic (exact) mass is 333 g/mol. The van der Waals surface area contributed by atoms with Crippen molar-refractivity contribution in [2.45, 2.75) is 19.8 Å². The van der Waals surface area contributed by atoms with Gasteiger partial charge in [0.05, 0.1) is 0 Å². The van der Waals surface area contributed by atoms with Crippen LogP contribution in [0, 0.1) is 0 Å². The molecule has 1 rings (SSSR count). The Morgan fingerprint density at radius 3 is 2.78 bits per heavy atom. The molecule has 0 spiro atoms. The van der Waals surface area contributed by atoms with Crippen LogP contribution in [0.3, 0.4) is 0 Å². The molecule has 0 saturated carbocycles. The largest absolute Gasteiger partial charge is 0.492 e. The Kier molecular flexibility index (Phi) is 9.16. The van der Waals surface area contributed by atoms with Gasteiger partial charge < -0.3 is 10.1 Å². The minimum absolute atomic E-state index is 0. The minimum atomic E-state index is 0. The highest BCUT2D eigenvalue weighted by Crippen LogP contribution is 2.29. The Labute approximate surface area is 124 Å². The lowest BCUT2D eigenvalue weighted by atomic mass is 10.0. The van der Waals surface area contributed by atoms with Gasteiger partial charge in [-0.25, -0.2) is 0 Å². The Morgan fingerprint density at radius 2 is 2.17 bits per heavy atom. The summed E-state index contributed by atoms with van der Waals surface area (Å²) in [5.74, 6) is 1.44. The number of halogens is 2. The lowest BCUT2D eigenvalue weighted by molar-refractivity contribution is 0.312. The number of ether oxygens (including phenoxy) is 1. The van der Waals surface area contributed by atoms with Crippen molar-refractivity contribution in [3.63, 3.8) is 0 Å². The van der Waals surface area contributed by atoms with E-state index >= 15 is 0 Å². The highest BCUT2D eigenvalue weighted by molar-refractivity contribution is 9.10. The molecule has 0 aliphatic rings. The molecule has 1 aromatic rings. The maximum Gasteiger partial charge on any atom is 0.122 e. The summed E-state index contributed by atoms with van der Waals surface area (Å²) >= 11 is 3.49. The van der Waals surface area contributed by atoms with Crippen LogP contribution >= 0.6 is 28.3 Å². The molecule has 18 heavy (non-hydrogen) atoms. The first kappa shape index (κ1) is 17.5. The summed E-state index contributed by atoms with van der Waals surface area (Å²) in [4.78, 5) is 0. The van der Waals surface area contributed by atoms with Crippen LogP contribution in [0.1, 0.15) is 25.3 Å². The van der Waals surface area contributed by atoms with Gasteiger partial charge in [0.1, 0.15) is 12.4 Å². The second kappa shape index (κ2) is 9.42. The van der Waals surface area contributed by atoms with Crippen molar-refractivity contribution >= 4 is 28.3 Å². The van der Waals surface area contributed by atoms with Crippen LogP contribution in [-0.4, -0.2) is 19.7 Å². The summed E-state index contributed by atoms with van der Waals surface area (Å²) in [5, 5.41) is 3.21. The van der Waals surface area contributed by atoms with Crippen LogP contribution in [0.25, 0.3) is 0 Å². The minimum Gasteiger partial charge on any atom is -0.492 e. The topological polar surface area (TPSA) is 21.3 Å². The second-order valence-corrected chi connectivity index (χ2v) is 5.09. The Hall–Kier alpha value is -0.510. The van der Waals surface area contributed by atoms with E-state index in [-0.39, 0.29) is 12.4 Å². The summed E-state index contributed by atoms with van der Waals surface area (Å²) < 4.78 is 6.88. The summed E-state index contributed by atoms with van der Waals surface area (Å²) in [7, 11) is 0. The van der Waals surface area contributed by atoms with Crippen LogP contribution in [0.15, 0.2) is 35.3 Å². The van der Waals surface area contributed by atoms with E-state index in [0.717, 1.165) is 23.3 Å². The van der Waals surface area contributed by atoms with E-state index in [2.05, 4.69) is 47.7 Å². The number of nitrogens with one attached hydrogen (secondary N) is 1. The van der Waals surface area contributed by atoms with Gasteiger partial charge in [-0.2, -0.15) is 0 Å². The smallest absolute Gasteiger partial charge is 0.122 e. The first-order valence-electron chi connectivity index (χ1n) is 5.89. The lowest BCUT2D eigenvalue weighted by Crippen LogP contribution is -2.21. The third-order valence-electron chi connectivity index (χ3n) is 2.42. The molecule has 0 radical (unpaired) electrons. The fraction of sp³-hybridized carbons (Fsp3) is 0.429. The molecule has 102 valence electrons. The maximum absolute atomic E-state index is 5.78. The highest BCUT2D eigenvalue weighted by atomic mass is 79.9. The zero-order chi connectivity index (χ0) is 12.7. The Morgan fingerprint density at radius 1 is 1.44 bits per heavy atom. The Bertz CT molecular complexity index is 369. The van der Waals surface area contributed by atoms with E-state index in [1.54, 1.807) is 0 Å². The van der Waals surface area contributed by atoms with Crippen molar-refractivity contribution in [1.82, 2.24) is 5.32 Å². The standard InChI is InChI=1S/C14H20BrNO.ClH/c1-4-7-16-8-9-17-14-6-5-12(15)10-13(14)11(2)3;/h4-6,10-11,16H,1,7-9H2,2-3H3;1H. The summed E-state index contributed by atoms with van der Waals surface area (Å²) in [5.41, 5.74) is 1.24. The summed E-state index contributed by atoms with van der Waals surface area (Å²) in [6, 6.07) is 6.16. The van der Waals surface area contributed by atoms with Gasteiger partial charge >= 0.3 is 0 Å². The third-order valence-corrected chi connectivity index (χ3v) is 2.91. The third kappa shape index (κ3) is 5.89. The van der Waals surface area contributed by atoms with Crippen molar-refractivity contribution in [3.05, 3.63) is 40.9 Å². The molecule has 0 aromatic heterocycles. The number of hydrogen-bond acceptors (Lipinski definition) is 2. The van der Waals surface area contributed by atoms with Crippen LogP contribution in [0.2, 0.25) is 0 Å². The Balaban J connectivity index is 0.00000289. The van der Waals surface area contributed by atoms with Gasteiger partial charge in [-0.15, -0.1) is 19.0 Å². The van der Waals surface area contributed by atoms with Crippen molar-refractivity contribution in [1.29, 1.82) is 0 Å². The molecule has 1 N–H and O–H groups in total. The van der Waals surface area contributed by atoms with Gasteiger partial charge in [0, 0.05) is 17.6 Å². The van der Waals surface area contributed by atoms with Crippen molar-refractivity contribution < 1.29 is 4.74 Å². The molecule has 0 heterocycles. The van der Waals surface area contributed by atoms with E-state index in [0.29, 0.717) is 12.5 Å². The van der Waals surface area contributed by atoms with E-state index < -0.39 is 0 Å². The van der Waals surface area contributed by atoms with E-state index in [4.69, 9.17) is 4.74 Å². The van der Waals surface area contributed by atoms with Crippen molar-refractivity contribution in [2.24, 2.45) is 0 Å². The number of rotatable bonds is 7. The predicted octanol–water partition coefficient (Wildman–Crippen LogP) is 4.15. The lowest BCUT2D eigenvalue weighted by Gasteiger charge is -2.14. The molecule has 0 unspecified atom stereocenters. The fourth-order valence-corrected chi connectivity index (χ4v) is 1.92. The molecule has 1 aromatic carbocycles. The van der Waals surface area contributed by atoms with Gasteiger partial charge in [0.25, 0.3) is 0 Å². The van der Waals surface area contributed by atoms with E-state index in [1.807, 2.05) is 18.2 Å². The summed E-state index contributed by atoms with van der Waals surface area (Å²) in [6.07, 6.45) is 1.85. The summed E-state index contributed by atoms with van der Waals surface area (Å²) in [6.45, 7) is 10.3. The normalized spacial score (nSPS) is 10.0. The van der Waals surface area contributed by atoms with Gasteiger partial charge in [0.15, 0.2) is 0 Å². The van der Waals surface area contributed by atoms with E-state index in [1.165, 1.54) is 5.56 Å². The molecular weight excluding hydrogens is 314 g/mol. The molecular formula is C14H21BrClNO. The molecule has 0 bridgehead atoms. The fourth-order valence-electron chi connectivity index (χ4n) is 1.54. The predicted molar refractivity (Wildman–Crippen MR) is 84.0 cm³/mol. The van der Waals surface area contributed by atoms with Crippen LogP contribution in [0.5, 0.6) is 5.75 Å². The molecule has 0 aliphatic carbocycles. The molecule has 4 heteroatoms. The highest BCUT2D eigenvalue weighted by Gasteiger charge is 2.08. The number of hydrogen-bond donors (Lipinski definition) is 1. The molecule has 0 amide bonds. The molecule has 0 saturated heterocycles. The van der Waals surface area contributed by atoms with Crippen molar-refractivity contribution in [2.75, 3.05) is 19.7 Å². The molecule has 0 aliphatic heterocycles. The van der Waals surface area contributed by atoms with Crippen LogP contribution in [0.4, 0.5) is 0 Å². The average molecular weight is 335 g/mol. The van der Waals surface area contributed by atoms with Crippen molar-refractivity contribution in [3.8, 4) is 5.75 Å². The first-order valence-corrected chi connectivity index (χ1v) is 6.68. The zero-order valence-electron chi connectivity index (χ0n) is 10.9. The average Bonchev–Trinajstić information content (AvgIpc) is 2.30. The quantitative estimate of drug-likeness (QED) is 0.597. The van der Waals surface area contributed by atoms with Crippen LogP contribution in [-0.2, 0) is 0 Å².